The third-order valence-corrected chi connectivity index (χ3v) is 7.08. The Balaban J connectivity index is 2.29. The lowest BCUT2D eigenvalue weighted by Gasteiger charge is -2.34. The Morgan fingerprint density at radius 2 is 2.00 bits per heavy atom. The fraction of sp³-hybridized carbons (Fsp3) is 0.867. The third-order valence-electron chi connectivity index (χ3n) is 4.77. The van der Waals surface area contributed by atoms with Gasteiger partial charge in [-0.25, -0.2) is 8.42 Å². The minimum Gasteiger partial charge on any atom is -0.480 e. The average Bonchev–Trinajstić information content (AvgIpc) is 2.77. The molecule has 1 saturated heterocycles. The summed E-state index contributed by atoms with van der Waals surface area (Å²) in [5.41, 5.74) is -0.677. The molecule has 3 unspecified atom stereocenters. The number of nitrogens with zero attached hydrogens (tertiary/aromatic N) is 2. The predicted octanol–water partition coefficient (Wildman–Crippen LogP) is 1.97. The summed E-state index contributed by atoms with van der Waals surface area (Å²) in [5.74, 6) is -1.08. The number of fused-ring (bicyclic) bond motifs is 1. The number of carboxylic acids is 1. The first-order chi connectivity index (χ1) is 10.2. The highest BCUT2D eigenvalue weighted by Gasteiger charge is 2.51. The minimum absolute atomic E-state index is 0.131. The number of carbonyl (C=O) groups is 1. The normalized spacial score (nSPS) is 29.8. The number of sulfonamides is 1. The number of hydrogen-bond acceptors (Lipinski definition) is 4. The summed E-state index contributed by atoms with van der Waals surface area (Å²) in [4.78, 5) is 11.5. The molecule has 0 aromatic carbocycles. The van der Waals surface area contributed by atoms with Crippen molar-refractivity contribution in [2.45, 2.75) is 64.5 Å². The molecular weight excluding hydrogens is 304 g/mol. The van der Waals surface area contributed by atoms with Gasteiger partial charge >= 0.3 is 5.97 Å². The van der Waals surface area contributed by atoms with Gasteiger partial charge in [0.15, 0.2) is 0 Å². The Morgan fingerprint density at radius 3 is 2.59 bits per heavy atom. The van der Waals surface area contributed by atoms with Crippen molar-refractivity contribution < 1.29 is 18.3 Å². The first kappa shape index (κ1) is 17.2. The highest BCUT2D eigenvalue weighted by Crippen LogP contribution is 2.42. The van der Waals surface area contributed by atoms with Crippen LogP contribution in [-0.2, 0) is 14.8 Å². The van der Waals surface area contributed by atoms with Crippen molar-refractivity contribution in [3.8, 4) is 6.07 Å². The van der Waals surface area contributed by atoms with E-state index in [9.17, 15) is 18.3 Å². The van der Waals surface area contributed by atoms with Gasteiger partial charge in [-0.05, 0) is 30.6 Å². The highest BCUT2D eigenvalue weighted by molar-refractivity contribution is 7.89. The number of hydrogen-bond donors (Lipinski definition) is 1. The smallest absolute Gasteiger partial charge is 0.322 e. The molecule has 6 nitrogen and oxygen atoms in total. The first-order valence-electron chi connectivity index (χ1n) is 7.79. The van der Waals surface area contributed by atoms with Crippen LogP contribution >= 0.6 is 0 Å². The number of rotatable bonds is 5. The summed E-state index contributed by atoms with van der Waals surface area (Å²) in [6.45, 7) is 3.47. The summed E-state index contributed by atoms with van der Waals surface area (Å²) in [6.07, 6.45) is 4.18. The second-order valence-electron chi connectivity index (χ2n) is 7.29. The van der Waals surface area contributed by atoms with Crippen LogP contribution in [0.5, 0.6) is 0 Å². The maximum absolute atomic E-state index is 12.8. The lowest BCUT2D eigenvalue weighted by Crippen LogP contribution is -2.48. The largest absolute Gasteiger partial charge is 0.480 e. The molecule has 2 fully saturated rings. The molecule has 1 N–H and O–H groups in total. The minimum atomic E-state index is -3.70. The van der Waals surface area contributed by atoms with E-state index in [1.807, 2.05) is 6.07 Å². The second kappa shape index (κ2) is 6.17. The lowest BCUT2D eigenvalue weighted by atomic mass is 9.85. The molecule has 124 valence electrons. The molecule has 1 heterocycles. The summed E-state index contributed by atoms with van der Waals surface area (Å²) < 4.78 is 27.0. The van der Waals surface area contributed by atoms with Crippen molar-refractivity contribution in [3.63, 3.8) is 0 Å². The molecule has 7 heteroatoms. The van der Waals surface area contributed by atoms with Gasteiger partial charge in [-0.3, -0.25) is 4.79 Å². The Bertz CT molecular complexity index is 579. The SMILES string of the molecule is CC(C)(CC#N)CS(=O)(=O)N1C(C(=O)O)CC2CCCCC21. The van der Waals surface area contributed by atoms with E-state index in [1.54, 1.807) is 13.8 Å². The van der Waals surface area contributed by atoms with Crippen molar-refractivity contribution in [2.75, 3.05) is 5.75 Å². The molecule has 1 aliphatic heterocycles. The van der Waals surface area contributed by atoms with Crippen LogP contribution in [0.25, 0.3) is 0 Å². The quantitative estimate of drug-likeness (QED) is 0.832. The van der Waals surface area contributed by atoms with Gasteiger partial charge in [0.2, 0.25) is 10.0 Å². The lowest BCUT2D eigenvalue weighted by molar-refractivity contribution is -0.141. The van der Waals surface area contributed by atoms with Gasteiger partial charge < -0.3 is 5.11 Å². The van der Waals surface area contributed by atoms with E-state index < -0.39 is 27.4 Å². The van der Waals surface area contributed by atoms with E-state index in [0.29, 0.717) is 6.42 Å². The van der Waals surface area contributed by atoms with Gasteiger partial charge in [0.05, 0.1) is 11.8 Å². The fourth-order valence-electron chi connectivity index (χ4n) is 3.86. The number of nitriles is 1. The molecule has 0 aromatic rings. The average molecular weight is 328 g/mol. The summed E-state index contributed by atoms with van der Waals surface area (Å²) in [6, 6.07) is 0.881. The molecule has 2 aliphatic rings. The van der Waals surface area contributed by atoms with Crippen LogP contribution in [0, 0.1) is 22.7 Å². The van der Waals surface area contributed by atoms with Crippen molar-refractivity contribution in [2.24, 2.45) is 11.3 Å². The Morgan fingerprint density at radius 1 is 1.36 bits per heavy atom. The molecule has 2 rings (SSSR count). The molecule has 0 bridgehead atoms. The maximum atomic E-state index is 12.8. The molecule has 3 atom stereocenters. The van der Waals surface area contributed by atoms with Gasteiger partial charge in [0.1, 0.15) is 6.04 Å². The Kier molecular flexibility index (Phi) is 4.83. The van der Waals surface area contributed by atoms with E-state index in [2.05, 4.69) is 0 Å². The molecule has 0 spiro atoms. The molecule has 0 aromatic heterocycles. The highest BCUT2D eigenvalue weighted by atomic mass is 32.2. The van der Waals surface area contributed by atoms with E-state index in [0.717, 1.165) is 25.7 Å². The predicted molar refractivity (Wildman–Crippen MR) is 81.4 cm³/mol. The number of aliphatic carboxylic acids is 1. The van der Waals surface area contributed by atoms with Crippen molar-refractivity contribution >= 4 is 16.0 Å². The van der Waals surface area contributed by atoms with Crippen LogP contribution in [0.15, 0.2) is 0 Å². The summed E-state index contributed by atoms with van der Waals surface area (Å²) in [7, 11) is -3.70. The number of carboxylic acid groups (broad SMARTS) is 1. The molecule has 22 heavy (non-hydrogen) atoms. The van der Waals surface area contributed by atoms with Crippen LogP contribution in [-0.4, -0.2) is 41.6 Å². The van der Waals surface area contributed by atoms with Crippen molar-refractivity contribution in [1.82, 2.24) is 4.31 Å². The van der Waals surface area contributed by atoms with Crippen LogP contribution in [0.3, 0.4) is 0 Å². The van der Waals surface area contributed by atoms with E-state index in [1.165, 1.54) is 4.31 Å². The third kappa shape index (κ3) is 3.44. The van der Waals surface area contributed by atoms with Crippen LogP contribution in [0.1, 0.15) is 52.4 Å². The summed E-state index contributed by atoms with van der Waals surface area (Å²) >= 11 is 0. The Hall–Kier alpha value is -1.13. The molecule has 0 radical (unpaired) electrons. The topological polar surface area (TPSA) is 98.5 Å². The second-order valence-corrected chi connectivity index (χ2v) is 9.16. The van der Waals surface area contributed by atoms with Crippen LogP contribution < -0.4 is 0 Å². The van der Waals surface area contributed by atoms with Gasteiger partial charge in [-0.15, -0.1) is 0 Å². The molecular formula is C15H24N2O4S. The Labute approximate surface area is 132 Å². The van der Waals surface area contributed by atoms with Gasteiger partial charge in [-0.2, -0.15) is 9.57 Å². The van der Waals surface area contributed by atoms with E-state index in [-0.39, 0.29) is 24.1 Å². The van der Waals surface area contributed by atoms with Crippen molar-refractivity contribution in [3.05, 3.63) is 0 Å². The zero-order chi connectivity index (χ0) is 16.5. The van der Waals surface area contributed by atoms with Gasteiger partial charge in [-0.1, -0.05) is 26.7 Å². The van der Waals surface area contributed by atoms with Gasteiger partial charge in [0.25, 0.3) is 0 Å². The van der Waals surface area contributed by atoms with E-state index >= 15 is 0 Å². The zero-order valence-electron chi connectivity index (χ0n) is 13.2. The molecule has 0 amide bonds. The monoisotopic (exact) mass is 328 g/mol. The fourth-order valence-corrected chi connectivity index (χ4v) is 6.36. The standard InChI is InChI=1S/C15H24N2O4S/c1-15(2,7-8-16)10-22(20,21)17-12-6-4-3-5-11(12)9-13(17)14(18)19/h11-13H,3-7,9-10H2,1-2H3,(H,18,19). The molecule has 1 aliphatic carbocycles. The maximum Gasteiger partial charge on any atom is 0.322 e. The van der Waals surface area contributed by atoms with Crippen molar-refractivity contribution in [1.29, 1.82) is 5.26 Å². The van der Waals surface area contributed by atoms with Crippen LogP contribution in [0.4, 0.5) is 0 Å². The van der Waals surface area contributed by atoms with Crippen LogP contribution in [0.2, 0.25) is 0 Å². The zero-order valence-corrected chi connectivity index (χ0v) is 14.0. The van der Waals surface area contributed by atoms with E-state index in [4.69, 9.17) is 5.26 Å². The van der Waals surface area contributed by atoms with Gasteiger partial charge in [0, 0.05) is 12.5 Å². The first-order valence-corrected chi connectivity index (χ1v) is 9.40. The molecule has 1 saturated carbocycles. The summed E-state index contributed by atoms with van der Waals surface area (Å²) in [5, 5.41) is 18.3.